The normalized spacial score (nSPS) is 30.4. The van der Waals surface area contributed by atoms with Gasteiger partial charge in [0, 0.05) is 12.8 Å². The Morgan fingerprint density at radius 2 is 0.929 bits per heavy atom. The second-order valence-corrected chi connectivity index (χ2v) is 3.54. The van der Waals surface area contributed by atoms with Crippen LogP contribution in [0.5, 0.6) is 0 Å². The number of hydrogen-bond acceptors (Lipinski definition) is 0. The first-order valence-electron chi connectivity index (χ1n) is 4.34. The summed E-state index contributed by atoms with van der Waals surface area (Å²) in [6.07, 6.45) is -2.48. The van der Waals surface area contributed by atoms with Crippen molar-refractivity contribution in [2.45, 2.75) is 49.9 Å². The molecule has 0 heterocycles. The zero-order chi connectivity index (χ0) is 11.0. The Bertz CT molecular complexity index is 190. The Labute approximate surface area is 77.3 Å². The third kappa shape index (κ3) is 1.70. The highest BCUT2D eigenvalue weighted by molar-refractivity contribution is 4.97. The molecule has 1 fully saturated rings. The van der Waals surface area contributed by atoms with Gasteiger partial charge in [-0.05, 0) is 12.8 Å². The molecule has 6 heteroatoms. The van der Waals surface area contributed by atoms with Crippen molar-refractivity contribution in [3.8, 4) is 0 Å². The Balaban J connectivity index is 2.98. The van der Waals surface area contributed by atoms with Gasteiger partial charge in [0.05, 0.1) is 0 Å². The van der Waals surface area contributed by atoms with Crippen molar-refractivity contribution < 1.29 is 26.3 Å². The number of hydrogen-bond donors (Lipinski definition) is 0. The third-order valence-corrected chi connectivity index (χ3v) is 2.40. The number of halogens is 6. The van der Waals surface area contributed by atoms with E-state index in [9.17, 15) is 26.3 Å². The summed E-state index contributed by atoms with van der Waals surface area (Å²) in [5.74, 6) is -14.4. The molecule has 0 aromatic carbocycles. The fourth-order valence-electron chi connectivity index (χ4n) is 1.45. The maximum Gasteiger partial charge on any atom is 0.371 e. The van der Waals surface area contributed by atoms with Crippen LogP contribution in [-0.2, 0) is 0 Å². The van der Waals surface area contributed by atoms with Crippen LogP contribution in [0.3, 0.4) is 0 Å². The highest BCUT2D eigenvalue weighted by atomic mass is 19.3. The standard InChI is InChI=1S/C8H10F6/c9-6(10)4-2-1-3-5-7(11,12)8(6,13)14/h1-5H2. The molecule has 1 aliphatic carbocycles. The van der Waals surface area contributed by atoms with Crippen LogP contribution in [0.2, 0.25) is 0 Å². The molecule has 0 radical (unpaired) electrons. The minimum absolute atomic E-state index is 0.140. The number of alkyl halides is 6. The van der Waals surface area contributed by atoms with Crippen LogP contribution in [0.25, 0.3) is 0 Å². The summed E-state index contributed by atoms with van der Waals surface area (Å²) in [5, 5.41) is 0. The molecule has 0 N–H and O–H groups in total. The monoisotopic (exact) mass is 220 g/mol. The maximum atomic E-state index is 12.7. The van der Waals surface area contributed by atoms with E-state index in [2.05, 4.69) is 0 Å². The summed E-state index contributed by atoms with van der Waals surface area (Å²) >= 11 is 0. The van der Waals surface area contributed by atoms with E-state index in [-0.39, 0.29) is 19.3 Å². The molecular weight excluding hydrogens is 210 g/mol. The number of rotatable bonds is 0. The molecule has 0 bridgehead atoms. The molecule has 0 aliphatic heterocycles. The van der Waals surface area contributed by atoms with Crippen LogP contribution in [0.4, 0.5) is 26.3 Å². The predicted octanol–water partition coefficient (Wildman–Crippen LogP) is 3.86. The van der Waals surface area contributed by atoms with Crippen LogP contribution < -0.4 is 0 Å². The van der Waals surface area contributed by atoms with Crippen molar-refractivity contribution >= 4 is 0 Å². The zero-order valence-corrected chi connectivity index (χ0v) is 7.30. The average Bonchev–Trinajstić information content (AvgIpc) is 2.01. The summed E-state index contributed by atoms with van der Waals surface area (Å²) in [4.78, 5) is 0. The van der Waals surface area contributed by atoms with E-state index in [1.54, 1.807) is 0 Å². The lowest BCUT2D eigenvalue weighted by Crippen LogP contribution is -2.54. The van der Waals surface area contributed by atoms with Crippen molar-refractivity contribution in [2.24, 2.45) is 0 Å². The van der Waals surface area contributed by atoms with E-state index in [4.69, 9.17) is 0 Å². The second-order valence-electron chi connectivity index (χ2n) is 3.54. The molecule has 0 atom stereocenters. The summed E-state index contributed by atoms with van der Waals surface area (Å²) in [5.41, 5.74) is 0. The average molecular weight is 220 g/mol. The van der Waals surface area contributed by atoms with Crippen molar-refractivity contribution in [3.63, 3.8) is 0 Å². The fraction of sp³-hybridized carbons (Fsp3) is 1.00. The van der Waals surface area contributed by atoms with Crippen molar-refractivity contribution in [1.29, 1.82) is 0 Å². The van der Waals surface area contributed by atoms with Crippen LogP contribution in [0.1, 0.15) is 32.1 Å². The van der Waals surface area contributed by atoms with Gasteiger partial charge in [-0.2, -0.15) is 26.3 Å². The van der Waals surface area contributed by atoms with Crippen LogP contribution in [0.15, 0.2) is 0 Å². The van der Waals surface area contributed by atoms with Gasteiger partial charge < -0.3 is 0 Å². The molecule has 0 amide bonds. The molecule has 1 aliphatic rings. The van der Waals surface area contributed by atoms with E-state index in [0.717, 1.165) is 0 Å². The van der Waals surface area contributed by atoms with Crippen molar-refractivity contribution in [2.75, 3.05) is 0 Å². The van der Waals surface area contributed by atoms with Gasteiger partial charge in [0.2, 0.25) is 0 Å². The van der Waals surface area contributed by atoms with Crippen molar-refractivity contribution in [3.05, 3.63) is 0 Å². The SMILES string of the molecule is FC1(F)CCCCCC(F)(F)C1(F)F. The summed E-state index contributed by atoms with van der Waals surface area (Å²) in [6, 6.07) is 0. The summed E-state index contributed by atoms with van der Waals surface area (Å²) in [6.45, 7) is 0. The lowest BCUT2D eigenvalue weighted by molar-refractivity contribution is -0.315. The van der Waals surface area contributed by atoms with Gasteiger partial charge in [-0.15, -0.1) is 0 Å². The minimum atomic E-state index is -5.22. The Morgan fingerprint density at radius 1 is 0.571 bits per heavy atom. The quantitative estimate of drug-likeness (QED) is 0.544. The van der Waals surface area contributed by atoms with E-state index in [1.165, 1.54) is 0 Å². The Morgan fingerprint density at radius 3 is 1.29 bits per heavy atom. The molecule has 84 valence electrons. The molecule has 14 heavy (non-hydrogen) atoms. The van der Waals surface area contributed by atoms with Gasteiger partial charge in [-0.1, -0.05) is 6.42 Å². The van der Waals surface area contributed by atoms with E-state index in [1.807, 2.05) is 0 Å². The smallest absolute Gasteiger partial charge is 0.200 e. The molecule has 1 rings (SSSR count). The molecule has 0 aromatic heterocycles. The molecule has 0 aromatic rings. The first-order chi connectivity index (χ1) is 6.21. The Hall–Kier alpha value is -0.420. The third-order valence-electron chi connectivity index (χ3n) is 2.40. The molecule has 1 saturated carbocycles. The fourth-order valence-corrected chi connectivity index (χ4v) is 1.45. The largest absolute Gasteiger partial charge is 0.371 e. The molecule has 0 spiro atoms. The highest BCUT2D eigenvalue weighted by Gasteiger charge is 2.70. The summed E-state index contributed by atoms with van der Waals surface area (Å²) < 4.78 is 76.2. The topological polar surface area (TPSA) is 0 Å². The van der Waals surface area contributed by atoms with E-state index >= 15 is 0 Å². The predicted molar refractivity (Wildman–Crippen MR) is 37.9 cm³/mol. The van der Waals surface area contributed by atoms with Gasteiger partial charge in [-0.25, -0.2) is 0 Å². The minimum Gasteiger partial charge on any atom is -0.200 e. The van der Waals surface area contributed by atoms with Gasteiger partial charge >= 0.3 is 17.8 Å². The lowest BCUT2D eigenvalue weighted by Gasteiger charge is -2.34. The highest BCUT2D eigenvalue weighted by Crippen LogP contribution is 2.51. The van der Waals surface area contributed by atoms with Gasteiger partial charge in [0.25, 0.3) is 0 Å². The first-order valence-corrected chi connectivity index (χ1v) is 4.34. The van der Waals surface area contributed by atoms with Crippen LogP contribution >= 0.6 is 0 Å². The van der Waals surface area contributed by atoms with Gasteiger partial charge in [-0.3, -0.25) is 0 Å². The second kappa shape index (κ2) is 3.31. The molecular formula is C8H10F6. The van der Waals surface area contributed by atoms with Gasteiger partial charge in [0.15, 0.2) is 0 Å². The van der Waals surface area contributed by atoms with E-state index in [0.29, 0.717) is 0 Å². The maximum absolute atomic E-state index is 12.7. The Kier molecular flexibility index (Phi) is 2.75. The zero-order valence-electron chi connectivity index (χ0n) is 7.30. The summed E-state index contributed by atoms with van der Waals surface area (Å²) in [7, 11) is 0. The molecule has 0 unspecified atom stereocenters. The van der Waals surface area contributed by atoms with Crippen molar-refractivity contribution in [1.82, 2.24) is 0 Å². The molecule has 0 saturated heterocycles. The lowest BCUT2D eigenvalue weighted by atomic mass is 9.91. The molecule has 0 nitrogen and oxygen atoms in total. The first kappa shape index (κ1) is 11.7. The van der Waals surface area contributed by atoms with Gasteiger partial charge in [0.1, 0.15) is 0 Å². The van der Waals surface area contributed by atoms with Crippen LogP contribution in [0, 0.1) is 0 Å². The van der Waals surface area contributed by atoms with Crippen LogP contribution in [-0.4, -0.2) is 17.8 Å². The van der Waals surface area contributed by atoms with E-state index < -0.39 is 30.6 Å².